The van der Waals surface area contributed by atoms with Crippen LogP contribution in [-0.2, 0) is 0 Å². The zero-order chi connectivity index (χ0) is 16.4. The van der Waals surface area contributed by atoms with Gasteiger partial charge < -0.3 is 4.90 Å². The molecular formula is C17H18N4OS. The van der Waals surface area contributed by atoms with Gasteiger partial charge in [-0.1, -0.05) is 0 Å². The zero-order valence-corrected chi connectivity index (χ0v) is 14.1. The second-order valence-electron chi connectivity index (χ2n) is 5.41. The standard InChI is InChI=1S/C17H18N4OS/c1-12-4-5-15(23-12)13(2)20(3)17(22)14-6-7-19-16(10-14)21-9-8-18-11-21/h4-11,13H,1-3H3/t13-/m1/s1. The van der Waals surface area contributed by atoms with Crippen molar-refractivity contribution in [3.8, 4) is 5.82 Å². The summed E-state index contributed by atoms with van der Waals surface area (Å²) in [6, 6.07) is 7.72. The topological polar surface area (TPSA) is 51.0 Å². The van der Waals surface area contributed by atoms with Crippen molar-refractivity contribution < 1.29 is 4.79 Å². The van der Waals surface area contributed by atoms with E-state index in [1.165, 1.54) is 9.75 Å². The number of aromatic nitrogens is 3. The fourth-order valence-corrected chi connectivity index (χ4v) is 3.31. The molecule has 0 aliphatic carbocycles. The van der Waals surface area contributed by atoms with Crippen LogP contribution in [0.4, 0.5) is 0 Å². The number of carbonyl (C=O) groups excluding carboxylic acids is 1. The molecule has 0 bridgehead atoms. The molecule has 0 saturated carbocycles. The van der Waals surface area contributed by atoms with Gasteiger partial charge in [-0.2, -0.15) is 0 Å². The fourth-order valence-electron chi connectivity index (χ4n) is 2.34. The van der Waals surface area contributed by atoms with E-state index in [-0.39, 0.29) is 11.9 Å². The summed E-state index contributed by atoms with van der Waals surface area (Å²) in [5.41, 5.74) is 0.617. The summed E-state index contributed by atoms with van der Waals surface area (Å²) in [6.45, 7) is 4.12. The van der Waals surface area contributed by atoms with Crippen LogP contribution in [0.2, 0.25) is 0 Å². The molecule has 1 atom stereocenters. The highest BCUT2D eigenvalue weighted by atomic mass is 32.1. The maximum atomic E-state index is 12.8. The molecule has 0 fully saturated rings. The van der Waals surface area contributed by atoms with Gasteiger partial charge in [0.25, 0.3) is 5.91 Å². The lowest BCUT2D eigenvalue weighted by molar-refractivity contribution is 0.0745. The Labute approximate surface area is 139 Å². The summed E-state index contributed by atoms with van der Waals surface area (Å²) in [5, 5.41) is 0. The maximum absolute atomic E-state index is 12.8. The maximum Gasteiger partial charge on any atom is 0.254 e. The van der Waals surface area contributed by atoms with E-state index in [0.29, 0.717) is 11.4 Å². The second kappa shape index (κ2) is 6.34. The first-order chi connectivity index (χ1) is 11.1. The molecule has 5 nitrogen and oxygen atoms in total. The van der Waals surface area contributed by atoms with E-state index < -0.39 is 0 Å². The van der Waals surface area contributed by atoms with E-state index in [1.807, 2.05) is 14.0 Å². The van der Waals surface area contributed by atoms with Gasteiger partial charge in [-0.25, -0.2) is 9.97 Å². The Bertz CT molecular complexity index is 810. The number of rotatable bonds is 4. The van der Waals surface area contributed by atoms with Gasteiger partial charge in [-0.05, 0) is 38.1 Å². The number of carbonyl (C=O) groups is 1. The van der Waals surface area contributed by atoms with Gasteiger partial charge in [-0.3, -0.25) is 9.36 Å². The normalized spacial score (nSPS) is 12.1. The molecular weight excluding hydrogens is 308 g/mol. The van der Waals surface area contributed by atoms with E-state index >= 15 is 0 Å². The summed E-state index contributed by atoms with van der Waals surface area (Å²) in [4.78, 5) is 25.3. The number of aryl methyl sites for hydroxylation is 1. The molecule has 0 unspecified atom stereocenters. The zero-order valence-electron chi connectivity index (χ0n) is 13.3. The molecule has 0 radical (unpaired) electrons. The summed E-state index contributed by atoms with van der Waals surface area (Å²) in [6.07, 6.45) is 6.80. The Hall–Kier alpha value is -2.47. The first-order valence-corrected chi connectivity index (χ1v) is 8.16. The van der Waals surface area contributed by atoms with E-state index in [2.05, 4.69) is 29.0 Å². The first kappa shape index (κ1) is 15.4. The van der Waals surface area contributed by atoms with E-state index in [1.54, 1.807) is 57.9 Å². The van der Waals surface area contributed by atoms with Crippen molar-refractivity contribution in [1.29, 1.82) is 0 Å². The van der Waals surface area contributed by atoms with E-state index in [4.69, 9.17) is 0 Å². The van der Waals surface area contributed by atoms with E-state index in [0.717, 1.165) is 0 Å². The summed E-state index contributed by atoms with van der Waals surface area (Å²) in [7, 11) is 1.83. The van der Waals surface area contributed by atoms with Crippen molar-refractivity contribution in [3.05, 3.63) is 64.5 Å². The molecule has 3 aromatic heterocycles. The number of hydrogen-bond donors (Lipinski definition) is 0. The highest BCUT2D eigenvalue weighted by Crippen LogP contribution is 2.27. The minimum Gasteiger partial charge on any atom is -0.334 e. The average molecular weight is 326 g/mol. The second-order valence-corrected chi connectivity index (χ2v) is 6.73. The molecule has 3 heterocycles. The van der Waals surface area contributed by atoms with Gasteiger partial charge in [0.2, 0.25) is 0 Å². The predicted molar refractivity (Wildman–Crippen MR) is 90.9 cm³/mol. The van der Waals surface area contributed by atoms with Crippen LogP contribution in [0.15, 0.2) is 49.2 Å². The van der Waals surface area contributed by atoms with Crippen molar-refractivity contribution in [2.75, 3.05) is 7.05 Å². The third-order valence-electron chi connectivity index (χ3n) is 3.84. The van der Waals surface area contributed by atoms with Crippen LogP contribution >= 0.6 is 11.3 Å². The third-order valence-corrected chi connectivity index (χ3v) is 5.01. The Morgan fingerprint density at radius 2 is 2.13 bits per heavy atom. The number of thiophene rings is 1. The van der Waals surface area contributed by atoms with Crippen LogP contribution in [0.3, 0.4) is 0 Å². The van der Waals surface area contributed by atoms with Crippen LogP contribution in [-0.4, -0.2) is 32.4 Å². The van der Waals surface area contributed by atoms with Crippen LogP contribution in [0.25, 0.3) is 5.82 Å². The van der Waals surface area contributed by atoms with Crippen molar-refractivity contribution in [3.63, 3.8) is 0 Å². The monoisotopic (exact) mass is 326 g/mol. The van der Waals surface area contributed by atoms with Crippen LogP contribution < -0.4 is 0 Å². The lowest BCUT2D eigenvalue weighted by Gasteiger charge is -2.24. The van der Waals surface area contributed by atoms with Crippen LogP contribution in [0.5, 0.6) is 0 Å². The van der Waals surface area contributed by atoms with Gasteiger partial charge in [0.15, 0.2) is 0 Å². The Kier molecular flexibility index (Phi) is 4.25. The molecule has 0 saturated heterocycles. The minimum absolute atomic E-state index is 0.0210. The van der Waals surface area contributed by atoms with Gasteiger partial charge in [0.1, 0.15) is 12.1 Å². The molecule has 0 aliphatic heterocycles. The highest BCUT2D eigenvalue weighted by Gasteiger charge is 2.20. The van der Waals surface area contributed by atoms with Crippen LogP contribution in [0.1, 0.15) is 33.1 Å². The summed E-state index contributed by atoms with van der Waals surface area (Å²) >= 11 is 1.72. The Morgan fingerprint density at radius 1 is 1.30 bits per heavy atom. The summed E-state index contributed by atoms with van der Waals surface area (Å²) in [5.74, 6) is 0.661. The molecule has 0 aliphatic rings. The smallest absolute Gasteiger partial charge is 0.254 e. The molecule has 118 valence electrons. The predicted octanol–water partition coefficient (Wildman–Crippen LogP) is 3.47. The Morgan fingerprint density at radius 3 is 2.78 bits per heavy atom. The van der Waals surface area contributed by atoms with Crippen molar-refractivity contribution in [1.82, 2.24) is 19.4 Å². The SMILES string of the molecule is Cc1ccc([C@@H](C)N(C)C(=O)c2ccnc(-n3ccnc3)c2)s1. The number of amides is 1. The highest BCUT2D eigenvalue weighted by molar-refractivity contribution is 7.12. The lowest BCUT2D eigenvalue weighted by Crippen LogP contribution is -2.29. The van der Waals surface area contributed by atoms with Crippen molar-refractivity contribution >= 4 is 17.2 Å². The van der Waals surface area contributed by atoms with Gasteiger partial charge in [0.05, 0.1) is 6.04 Å². The molecule has 0 aromatic carbocycles. The number of hydrogen-bond acceptors (Lipinski definition) is 4. The molecule has 1 amide bonds. The number of pyridine rings is 1. The lowest BCUT2D eigenvalue weighted by atomic mass is 10.2. The molecule has 23 heavy (non-hydrogen) atoms. The van der Waals surface area contributed by atoms with Crippen LogP contribution in [0, 0.1) is 6.92 Å². The number of nitrogens with zero attached hydrogens (tertiary/aromatic N) is 4. The fraction of sp³-hybridized carbons (Fsp3) is 0.235. The first-order valence-electron chi connectivity index (χ1n) is 7.34. The Balaban J connectivity index is 1.83. The molecule has 6 heteroatoms. The quantitative estimate of drug-likeness (QED) is 0.737. The van der Waals surface area contributed by atoms with Crippen molar-refractivity contribution in [2.24, 2.45) is 0 Å². The molecule has 0 spiro atoms. The van der Waals surface area contributed by atoms with Gasteiger partial charge in [-0.15, -0.1) is 11.3 Å². The molecule has 3 rings (SSSR count). The summed E-state index contributed by atoms with van der Waals surface area (Å²) < 4.78 is 1.78. The van der Waals surface area contributed by atoms with Gasteiger partial charge in [0, 0.05) is 41.0 Å². The number of imidazole rings is 1. The molecule has 3 aromatic rings. The van der Waals surface area contributed by atoms with Crippen molar-refractivity contribution in [2.45, 2.75) is 19.9 Å². The molecule has 0 N–H and O–H groups in total. The van der Waals surface area contributed by atoms with Gasteiger partial charge >= 0.3 is 0 Å². The third kappa shape index (κ3) is 3.17. The average Bonchev–Trinajstić information content (AvgIpc) is 3.24. The minimum atomic E-state index is -0.0210. The van der Waals surface area contributed by atoms with E-state index in [9.17, 15) is 4.79 Å². The largest absolute Gasteiger partial charge is 0.334 e.